The van der Waals surface area contributed by atoms with Crippen LogP contribution in [0.15, 0.2) is 0 Å². The highest BCUT2D eigenvalue weighted by Gasteiger charge is 2.07. The first kappa shape index (κ1) is 16.0. The van der Waals surface area contributed by atoms with Crippen LogP contribution in [0.5, 0.6) is 0 Å². The SMILES string of the molecule is CCCCCCCCCCn1nc(C)c(I)c1C. The monoisotopic (exact) mass is 362 g/mol. The van der Waals surface area contributed by atoms with Gasteiger partial charge < -0.3 is 0 Å². The zero-order valence-electron chi connectivity index (χ0n) is 12.1. The number of aryl methyl sites for hydroxylation is 2. The number of nitrogens with zero attached hydrogens (tertiary/aromatic N) is 2. The molecule has 2 nitrogen and oxygen atoms in total. The maximum absolute atomic E-state index is 4.58. The number of unbranched alkanes of at least 4 members (excludes halogenated alkanes) is 7. The predicted octanol–water partition coefficient (Wildman–Crippen LogP) is 5.25. The molecule has 0 atom stereocenters. The van der Waals surface area contributed by atoms with E-state index < -0.39 is 0 Å². The molecule has 0 unspecified atom stereocenters. The second kappa shape index (κ2) is 8.94. The lowest BCUT2D eigenvalue weighted by molar-refractivity contribution is 0.512. The van der Waals surface area contributed by atoms with Crippen molar-refractivity contribution >= 4 is 22.6 Å². The predicted molar refractivity (Wildman–Crippen MR) is 87.0 cm³/mol. The summed E-state index contributed by atoms with van der Waals surface area (Å²) in [5.74, 6) is 0. The molecule has 0 aliphatic carbocycles. The summed E-state index contributed by atoms with van der Waals surface area (Å²) in [5, 5.41) is 4.58. The van der Waals surface area contributed by atoms with E-state index in [4.69, 9.17) is 0 Å². The van der Waals surface area contributed by atoms with Gasteiger partial charge in [-0.2, -0.15) is 5.10 Å². The molecule has 104 valence electrons. The van der Waals surface area contributed by atoms with Gasteiger partial charge in [-0.05, 0) is 42.9 Å². The van der Waals surface area contributed by atoms with E-state index in [1.165, 1.54) is 66.3 Å². The number of halogens is 1. The molecule has 0 aliphatic heterocycles. The fourth-order valence-corrected chi connectivity index (χ4v) is 2.67. The molecule has 0 saturated heterocycles. The van der Waals surface area contributed by atoms with Gasteiger partial charge in [-0.15, -0.1) is 0 Å². The van der Waals surface area contributed by atoms with Crippen molar-refractivity contribution in [3.05, 3.63) is 15.0 Å². The Bertz CT molecular complexity index is 345. The van der Waals surface area contributed by atoms with Crippen molar-refractivity contribution in [2.24, 2.45) is 0 Å². The van der Waals surface area contributed by atoms with Crippen molar-refractivity contribution in [3.8, 4) is 0 Å². The lowest BCUT2D eigenvalue weighted by Crippen LogP contribution is -2.02. The summed E-state index contributed by atoms with van der Waals surface area (Å²) >= 11 is 2.39. The van der Waals surface area contributed by atoms with Crippen LogP contribution in [0, 0.1) is 17.4 Å². The van der Waals surface area contributed by atoms with Crippen molar-refractivity contribution < 1.29 is 0 Å². The highest BCUT2D eigenvalue weighted by atomic mass is 127. The molecule has 0 aromatic carbocycles. The first-order valence-electron chi connectivity index (χ1n) is 7.36. The molecule has 0 spiro atoms. The Kier molecular flexibility index (Phi) is 7.95. The Morgan fingerprint density at radius 2 is 1.50 bits per heavy atom. The molecule has 0 radical (unpaired) electrons. The lowest BCUT2D eigenvalue weighted by atomic mass is 10.1. The van der Waals surface area contributed by atoms with Crippen molar-refractivity contribution in [1.82, 2.24) is 9.78 Å². The molecule has 1 heterocycles. The Morgan fingerprint density at radius 3 is 2.00 bits per heavy atom. The standard InChI is InChI=1S/C15H27IN2/c1-4-5-6-7-8-9-10-11-12-18-14(3)15(16)13(2)17-18/h4-12H2,1-3H3. The van der Waals surface area contributed by atoms with Crippen molar-refractivity contribution in [2.75, 3.05) is 0 Å². The molecule has 0 fully saturated rings. The summed E-state index contributed by atoms with van der Waals surface area (Å²) in [6, 6.07) is 0. The van der Waals surface area contributed by atoms with E-state index in [1.807, 2.05) is 0 Å². The Morgan fingerprint density at radius 1 is 0.944 bits per heavy atom. The largest absolute Gasteiger partial charge is 0.269 e. The zero-order chi connectivity index (χ0) is 13.4. The van der Waals surface area contributed by atoms with E-state index in [-0.39, 0.29) is 0 Å². The van der Waals surface area contributed by atoms with Crippen LogP contribution in [0.25, 0.3) is 0 Å². The highest BCUT2D eigenvalue weighted by Crippen LogP contribution is 2.16. The number of aromatic nitrogens is 2. The van der Waals surface area contributed by atoms with Gasteiger partial charge in [0, 0.05) is 12.2 Å². The minimum atomic E-state index is 1.09. The molecule has 0 aliphatic rings. The Labute approximate surface area is 126 Å². The first-order chi connectivity index (χ1) is 8.66. The third-order valence-electron chi connectivity index (χ3n) is 3.52. The number of hydrogen-bond acceptors (Lipinski definition) is 1. The van der Waals surface area contributed by atoms with Crippen LogP contribution in [-0.4, -0.2) is 9.78 Å². The molecular weight excluding hydrogens is 335 g/mol. The normalized spacial score (nSPS) is 11.1. The quantitative estimate of drug-likeness (QED) is 0.434. The van der Waals surface area contributed by atoms with Crippen molar-refractivity contribution in [1.29, 1.82) is 0 Å². The average Bonchev–Trinajstić information content (AvgIpc) is 2.60. The molecule has 0 saturated carbocycles. The summed E-state index contributed by atoms with van der Waals surface area (Å²) < 4.78 is 3.50. The van der Waals surface area contributed by atoms with E-state index in [2.05, 4.69) is 53.1 Å². The van der Waals surface area contributed by atoms with Crippen molar-refractivity contribution in [2.45, 2.75) is 78.7 Å². The van der Waals surface area contributed by atoms with Crippen LogP contribution in [0.2, 0.25) is 0 Å². The van der Waals surface area contributed by atoms with Crippen LogP contribution in [-0.2, 0) is 6.54 Å². The van der Waals surface area contributed by atoms with Gasteiger partial charge in [0.2, 0.25) is 0 Å². The number of rotatable bonds is 9. The molecule has 18 heavy (non-hydrogen) atoms. The second-order valence-corrected chi connectivity index (χ2v) is 6.26. The van der Waals surface area contributed by atoms with Gasteiger partial charge in [-0.3, -0.25) is 4.68 Å². The van der Waals surface area contributed by atoms with Crippen LogP contribution in [0.4, 0.5) is 0 Å². The van der Waals surface area contributed by atoms with Crippen molar-refractivity contribution in [3.63, 3.8) is 0 Å². The molecule has 3 heteroatoms. The maximum Gasteiger partial charge on any atom is 0.0729 e. The van der Waals surface area contributed by atoms with Crippen LogP contribution >= 0.6 is 22.6 Å². The molecule has 1 aromatic rings. The smallest absolute Gasteiger partial charge is 0.0729 e. The summed E-state index contributed by atoms with van der Waals surface area (Å²) in [7, 11) is 0. The Hall–Kier alpha value is -0.0600. The maximum atomic E-state index is 4.58. The van der Waals surface area contributed by atoms with Gasteiger partial charge in [0.15, 0.2) is 0 Å². The summed E-state index contributed by atoms with van der Waals surface area (Å²) in [4.78, 5) is 0. The van der Waals surface area contributed by atoms with E-state index in [0.29, 0.717) is 0 Å². The van der Waals surface area contributed by atoms with E-state index in [0.717, 1.165) is 6.54 Å². The van der Waals surface area contributed by atoms with E-state index in [1.54, 1.807) is 0 Å². The van der Waals surface area contributed by atoms with Gasteiger partial charge in [0.25, 0.3) is 0 Å². The van der Waals surface area contributed by atoms with E-state index in [9.17, 15) is 0 Å². The molecule has 1 rings (SSSR count). The van der Waals surface area contributed by atoms with E-state index >= 15 is 0 Å². The lowest BCUT2D eigenvalue weighted by Gasteiger charge is -2.04. The second-order valence-electron chi connectivity index (χ2n) is 5.18. The third kappa shape index (κ3) is 5.29. The summed E-state index contributed by atoms with van der Waals surface area (Å²) in [5.41, 5.74) is 2.50. The molecule has 1 aromatic heterocycles. The average molecular weight is 362 g/mol. The topological polar surface area (TPSA) is 17.8 Å². The molecular formula is C15H27IN2. The Balaban J connectivity index is 2.09. The van der Waals surface area contributed by atoms with Crippen LogP contribution in [0.1, 0.15) is 69.7 Å². The molecule has 0 N–H and O–H groups in total. The van der Waals surface area contributed by atoms with Crippen LogP contribution < -0.4 is 0 Å². The van der Waals surface area contributed by atoms with Gasteiger partial charge in [-0.1, -0.05) is 51.9 Å². The summed E-state index contributed by atoms with van der Waals surface area (Å²) in [6.45, 7) is 7.63. The minimum absolute atomic E-state index is 1.09. The highest BCUT2D eigenvalue weighted by molar-refractivity contribution is 14.1. The molecule has 0 amide bonds. The fourth-order valence-electron chi connectivity index (χ4n) is 2.29. The summed E-state index contributed by atoms with van der Waals surface area (Å²) in [6.07, 6.45) is 11.0. The fraction of sp³-hybridized carbons (Fsp3) is 0.800. The van der Waals surface area contributed by atoms with Gasteiger partial charge in [0.05, 0.1) is 9.26 Å². The van der Waals surface area contributed by atoms with Gasteiger partial charge in [-0.25, -0.2) is 0 Å². The minimum Gasteiger partial charge on any atom is -0.269 e. The van der Waals surface area contributed by atoms with Crippen LogP contribution in [0.3, 0.4) is 0 Å². The zero-order valence-corrected chi connectivity index (χ0v) is 14.3. The first-order valence-corrected chi connectivity index (χ1v) is 8.44. The molecule has 0 bridgehead atoms. The van der Waals surface area contributed by atoms with Gasteiger partial charge >= 0.3 is 0 Å². The third-order valence-corrected chi connectivity index (χ3v) is 5.08. The van der Waals surface area contributed by atoms with Gasteiger partial charge in [0.1, 0.15) is 0 Å². The number of hydrogen-bond donors (Lipinski definition) is 0.